The van der Waals surface area contributed by atoms with E-state index in [-0.39, 0.29) is 6.61 Å². The lowest BCUT2D eigenvalue weighted by atomic mass is 10.1. The summed E-state index contributed by atoms with van der Waals surface area (Å²) in [4.78, 5) is 19.1. The van der Waals surface area contributed by atoms with E-state index in [1.807, 2.05) is 26.1 Å². The average molecular weight is 439 g/mol. The van der Waals surface area contributed by atoms with Gasteiger partial charge in [-0.2, -0.15) is 4.98 Å². The number of nitrogens with zero attached hydrogens (tertiary/aromatic N) is 4. The van der Waals surface area contributed by atoms with Crippen LogP contribution in [0.15, 0.2) is 12.3 Å². The van der Waals surface area contributed by atoms with Crippen LogP contribution < -0.4 is 10.6 Å². The van der Waals surface area contributed by atoms with E-state index in [0.29, 0.717) is 23.9 Å². The molecule has 0 amide bonds. The number of aromatic nitrogens is 4. The van der Waals surface area contributed by atoms with Crippen molar-refractivity contribution in [3.63, 3.8) is 0 Å². The second-order valence-electron chi connectivity index (χ2n) is 8.95. The van der Waals surface area contributed by atoms with E-state index in [1.54, 1.807) is 11.3 Å². The number of fused-ring (bicyclic) bond motifs is 1. The molecule has 3 aromatic heterocycles. The molecule has 2 aliphatic rings. The van der Waals surface area contributed by atoms with Crippen LogP contribution in [0.25, 0.3) is 20.8 Å². The van der Waals surface area contributed by atoms with Gasteiger partial charge in [0.05, 0.1) is 21.7 Å². The molecule has 0 spiro atoms. The summed E-state index contributed by atoms with van der Waals surface area (Å²) in [5, 5.41) is 17.7. The van der Waals surface area contributed by atoms with Gasteiger partial charge in [0.25, 0.3) is 0 Å². The van der Waals surface area contributed by atoms with Gasteiger partial charge in [0.2, 0.25) is 5.95 Å². The third-order valence-corrected chi connectivity index (χ3v) is 7.66. The molecule has 1 unspecified atom stereocenters. The summed E-state index contributed by atoms with van der Waals surface area (Å²) >= 11 is 1.66. The number of rotatable bonds is 6. The standard InChI is InChI=1S/C23H30N6OS/c1-13-19(22-28-20-14(2)24-10-9-18(20)31-22)21(26-17-8-7-15(11-17)12-30)29-23(25-13)27-16-5-3-4-6-16/h9-10,15-17,30H,3-8,11-12H2,1-2H3,(H2,25,26,27,29)/t15-,17?/m0/s1. The summed E-state index contributed by atoms with van der Waals surface area (Å²) in [5.41, 5.74) is 3.79. The average Bonchev–Trinajstić information content (AvgIpc) is 3.49. The number of aliphatic hydroxyl groups is 1. The molecule has 2 saturated carbocycles. The number of pyridine rings is 1. The van der Waals surface area contributed by atoms with E-state index in [0.717, 1.165) is 57.3 Å². The molecule has 8 heteroatoms. The molecule has 0 bridgehead atoms. The lowest BCUT2D eigenvalue weighted by molar-refractivity contribution is 0.229. The van der Waals surface area contributed by atoms with Crippen LogP contribution in [-0.2, 0) is 0 Å². The fraction of sp³-hybridized carbons (Fsp3) is 0.565. The van der Waals surface area contributed by atoms with Gasteiger partial charge < -0.3 is 15.7 Å². The van der Waals surface area contributed by atoms with Crippen molar-refractivity contribution in [3.8, 4) is 10.6 Å². The van der Waals surface area contributed by atoms with Crippen LogP contribution in [0.2, 0.25) is 0 Å². The zero-order chi connectivity index (χ0) is 21.4. The zero-order valence-electron chi connectivity index (χ0n) is 18.2. The summed E-state index contributed by atoms with van der Waals surface area (Å²) in [6.45, 7) is 4.30. The molecule has 7 nitrogen and oxygen atoms in total. The van der Waals surface area contributed by atoms with Gasteiger partial charge in [0, 0.05) is 24.9 Å². The minimum Gasteiger partial charge on any atom is -0.396 e. The molecule has 2 atom stereocenters. The highest BCUT2D eigenvalue weighted by Crippen LogP contribution is 2.38. The van der Waals surface area contributed by atoms with E-state index in [1.165, 1.54) is 25.7 Å². The fourth-order valence-electron chi connectivity index (χ4n) is 4.90. The van der Waals surface area contributed by atoms with Crippen molar-refractivity contribution in [1.29, 1.82) is 0 Å². The number of aliphatic hydroxyl groups excluding tert-OH is 1. The number of hydrogen-bond donors (Lipinski definition) is 3. The van der Waals surface area contributed by atoms with Gasteiger partial charge >= 0.3 is 0 Å². The molecule has 0 saturated heterocycles. The fourth-order valence-corrected chi connectivity index (χ4v) is 6.02. The summed E-state index contributed by atoms with van der Waals surface area (Å²) in [6.07, 6.45) is 9.79. The highest BCUT2D eigenvalue weighted by molar-refractivity contribution is 7.21. The minimum atomic E-state index is 0.256. The first-order chi connectivity index (χ1) is 15.1. The van der Waals surface area contributed by atoms with E-state index in [2.05, 4.69) is 15.6 Å². The molecule has 0 radical (unpaired) electrons. The smallest absolute Gasteiger partial charge is 0.225 e. The van der Waals surface area contributed by atoms with Crippen molar-refractivity contribution in [2.45, 2.75) is 70.9 Å². The van der Waals surface area contributed by atoms with Gasteiger partial charge in [-0.3, -0.25) is 4.98 Å². The minimum absolute atomic E-state index is 0.256. The summed E-state index contributed by atoms with van der Waals surface area (Å²) in [5.74, 6) is 1.92. The molecule has 5 rings (SSSR count). The predicted octanol–water partition coefficient (Wildman–Crippen LogP) is 4.69. The van der Waals surface area contributed by atoms with Crippen molar-refractivity contribution >= 4 is 33.3 Å². The molecule has 3 heterocycles. The van der Waals surface area contributed by atoms with Crippen LogP contribution in [0.1, 0.15) is 56.3 Å². The van der Waals surface area contributed by atoms with Gasteiger partial charge in [-0.15, -0.1) is 11.3 Å². The maximum Gasteiger partial charge on any atom is 0.225 e. The van der Waals surface area contributed by atoms with Crippen LogP contribution in [0.5, 0.6) is 0 Å². The molecule has 0 aliphatic heterocycles. The van der Waals surface area contributed by atoms with Gasteiger partial charge in [0.15, 0.2) is 0 Å². The monoisotopic (exact) mass is 438 g/mol. The Morgan fingerprint density at radius 1 is 1.00 bits per heavy atom. The van der Waals surface area contributed by atoms with Crippen molar-refractivity contribution in [3.05, 3.63) is 23.7 Å². The van der Waals surface area contributed by atoms with Gasteiger partial charge in [-0.1, -0.05) is 12.8 Å². The zero-order valence-corrected chi connectivity index (χ0v) is 19.0. The largest absolute Gasteiger partial charge is 0.396 e. The number of thiazole rings is 1. The van der Waals surface area contributed by atoms with E-state index >= 15 is 0 Å². The third kappa shape index (κ3) is 4.23. The topological polar surface area (TPSA) is 95.9 Å². The SMILES string of the molecule is Cc1nc(NC2CCCC2)nc(NC2CC[C@H](CO)C2)c1-c1nc2c(C)nccc2s1. The van der Waals surface area contributed by atoms with Crippen molar-refractivity contribution in [2.24, 2.45) is 5.92 Å². The first-order valence-corrected chi connectivity index (χ1v) is 12.2. The molecular weight excluding hydrogens is 408 g/mol. The van der Waals surface area contributed by atoms with Crippen LogP contribution in [0, 0.1) is 19.8 Å². The van der Waals surface area contributed by atoms with Crippen molar-refractivity contribution < 1.29 is 5.11 Å². The van der Waals surface area contributed by atoms with E-state index < -0.39 is 0 Å². The Balaban J connectivity index is 1.53. The van der Waals surface area contributed by atoms with Gasteiger partial charge in [-0.25, -0.2) is 9.97 Å². The first kappa shape index (κ1) is 20.6. The number of anilines is 2. The predicted molar refractivity (Wildman–Crippen MR) is 126 cm³/mol. The Bertz CT molecular complexity index is 1080. The second kappa shape index (κ2) is 8.67. The number of hydrogen-bond acceptors (Lipinski definition) is 8. The molecule has 3 N–H and O–H groups in total. The Morgan fingerprint density at radius 3 is 2.58 bits per heavy atom. The van der Waals surface area contributed by atoms with E-state index in [9.17, 15) is 5.11 Å². The summed E-state index contributed by atoms with van der Waals surface area (Å²) in [6, 6.07) is 2.79. The quantitative estimate of drug-likeness (QED) is 0.514. The molecule has 2 fully saturated rings. The van der Waals surface area contributed by atoms with Gasteiger partial charge in [-0.05, 0) is 57.9 Å². The molecule has 2 aliphatic carbocycles. The van der Waals surface area contributed by atoms with Crippen LogP contribution >= 0.6 is 11.3 Å². The lowest BCUT2D eigenvalue weighted by Crippen LogP contribution is -2.21. The molecule has 164 valence electrons. The van der Waals surface area contributed by atoms with Crippen molar-refractivity contribution in [1.82, 2.24) is 19.9 Å². The molecule has 31 heavy (non-hydrogen) atoms. The Hall–Kier alpha value is -2.32. The maximum absolute atomic E-state index is 9.56. The lowest BCUT2D eigenvalue weighted by Gasteiger charge is -2.19. The summed E-state index contributed by atoms with van der Waals surface area (Å²) < 4.78 is 1.13. The van der Waals surface area contributed by atoms with Crippen LogP contribution in [-0.4, -0.2) is 43.7 Å². The Morgan fingerprint density at radius 2 is 1.84 bits per heavy atom. The van der Waals surface area contributed by atoms with Crippen LogP contribution in [0.3, 0.4) is 0 Å². The maximum atomic E-state index is 9.56. The number of nitrogens with one attached hydrogen (secondary N) is 2. The second-order valence-corrected chi connectivity index (χ2v) is 9.98. The first-order valence-electron chi connectivity index (χ1n) is 11.4. The highest BCUT2D eigenvalue weighted by Gasteiger charge is 2.27. The highest BCUT2D eigenvalue weighted by atomic mass is 32.1. The Labute approximate surface area is 186 Å². The molecule has 3 aromatic rings. The third-order valence-electron chi connectivity index (χ3n) is 6.62. The van der Waals surface area contributed by atoms with Crippen molar-refractivity contribution in [2.75, 3.05) is 17.2 Å². The van der Waals surface area contributed by atoms with Gasteiger partial charge in [0.1, 0.15) is 16.3 Å². The summed E-state index contributed by atoms with van der Waals surface area (Å²) in [7, 11) is 0. The van der Waals surface area contributed by atoms with E-state index in [4.69, 9.17) is 15.0 Å². The number of aryl methyl sites for hydroxylation is 2. The van der Waals surface area contributed by atoms with Crippen LogP contribution in [0.4, 0.5) is 11.8 Å². The Kier molecular flexibility index (Phi) is 5.75. The molecular formula is C23H30N6OS. The molecule has 0 aromatic carbocycles. The normalized spacial score (nSPS) is 21.8.